The van der Waals surface area contributed by atoms with Gasteiger partial charge in [-0.05, 0) is 45.1 Å². The summed E-state index contributed by atoms with van der Waals surface area (Å²) in [7, 11) is 4.17. The summed E-state index contributed by atoms with van der Waals surface area (Å²) in [6.07, 6.45) is 2.37. The van der Waals surface area contributed by atoms with Crippen LogP contribution in [-0.2, 0) is 0 Å². The molecule has 0 aromatic heterocycles. The molecule has 1 aliphatic heterocycles. The monoisotopic (exact) mass is 263 g/mol. The van der Waals surface area contributed by atoms with Gasteiger partial charge in [0, 0.05) is 24.2 Å². The molecule has 0 radical (unpaired) electrons. The highest BCUT2D eigenvalue weighted by Gasteiger charge is 2.26. The van der Waals surface area contributed by atoms with Crippen LogP contribution in [0.2, 0.25) is 5.02 Å². The molecule has 1 fully saturated rings. The summed E-state index contributed by atoms with van der Waals surface area (Å²) in [4.78, 5) is 4.54. The molecule has 96 valence electrons. The molecule has 18 heavy (non-hydrogen) atoms. The molecule has 0 spiro atoms. The Kier molecular flexibility index (Phi) is 4.11. The van der Waals surface area contributed by atoms with E-state index in [1.165, 1.54) is 12.8 Å². The lowest BCUT2D eigenvalue weighted by molar-refractivity contribution is 0.372. The van der Waals surface area contributed by atoms with E-state index in [-0.39, 0.29) is 0 Å². The third-order valence-corrected chi connectivity index (χ3v) is 3.58. The van der Waals surface area contributed by atoms with Gasteiger partial charge in [-0.2, -0.15) is 5.26 Å². The number of halogens is 1. The number of hydrogen-bond acceptors (Lipinski definition) is 3. The quantitative estimate of drug-likeness (QED) is 0.840. The second kappa shape index (κ2) is 5.60. The number of anilines is 1. The number of rotatable bonds is 3. The van der Waals surface area contributed by atoms with Crippen LogP contribution >= 0.6 is 11.6 Å². The molecule has 4 heteroatoms. The smallest absolute Gasteiger partial charge is 0.101 e. The molecule has 0 saturated carbocycles. The predicted octanol–water partition coefficient (Wildman–Crippen LogP) is 2.74. The topological polar surface area (TPSA) is 30.3 Å². The molecular weight excluding hydrogens is 246 g/mol. The molecule has 3 nitrogen and oxygen atoms in total. The molecule has 0 bridgehead atoms. The van der Waals surface area contributed by atoms with E-state index in [0.29, 0.717) is 16.6 Å². The summed E-state index contributed by atoms with van der Waals surface area (Å²) in [5, 5.41) is 9.85. The first kappa shape index (κ1) is 13.2. The van der Waals surface area contributed by atoms with Gasteiger partial charge in [-0.15, -0.1) is 0 Å². The van der Waals surface area contributed by atoms with Crippen molar-refractivity contribution < 1.29 is 0 Å². The second-order valence-electron chi connectivity index (χ2n) is 5.02. The summed E-state index contributed by atoms with van der Waals surface area (Å²) in [6.45, 7) is 2.04. The van der Waals surface area contributed by atoms with E-state index in [1.807, 2.05) is 12.1 Å². The van der Waals surface area contributed by atoms with Crippen LogP contribution in [0.15, 0.2) is 18.2 Å². The lowest BCUT2D eigenvalue weighted by Gasteiger charge is -2.29. The van der Waals surface area contributed by atoms with Crippen molar-refractivity contribution >= 4 is 17.3 Å². The highest BCUT2D eigenvalue weighted by Crippen LogP contribution is 2.30. The SMILES string of the molecule is CN(C)CC1CCCN1c1ccc(Cl)cc1C#N. The fourth-order valence-corrected chi connectivity index (χ4v) is 2.78. The average molecular weight is 264 g/mol. The van der Waals surface area contributed by atoms with Crippen molar-refractivity contribution in [2.24, 2.45) is 0 Å². The van der Waals surface area contributed by atoms with Crippen molar-refractivity contribution in [3.8, 4) is 6.07 Å². The van der Waals surface area contributed by atoms with E-state index in [1.54, 1.807) is 6.07 Å². The second-order valence-corrected chi connectivity index (χ2v) is 5.46. The van der Waals surface area contributed by atoms with Crippen molar-refractivity contribution in [1.82, 2.24) is 4.90 Å². The Morgan fingerprint density at radius 1 is 1.50 bits per heavy atom. The summed E-state index contributed by atoms with van der Waals surface area (Å²) in [5.41, 5.74) is 1.69. The average Bonchev–Trinajstić information content (AvgIpc) is 2.76. The van der Waals surface area contributed by atoms with Crippen LogP contribution in [0.25, 0.3) is 0 Å². The van der Waals surface area contributed by atoms with Gasteiger partial charge in [0.2, 0.25) is 0 Å². The van der Waals surface area contributed by atoms with Gasteiger partial charge in [0.05, 0.1) is 11.3 Å². The first-order valence-electron chi connectivity index (χ1n) is 6.23. The maximum Gasteiger partial charge on any atom is 0.101 e. The largest absolute Gasteiger partial charge is 0.366 e. The minimum Gasteiger partial charge on any atom is -0.366 e. The highest BCUT2D eigenvalue weighted by molar-refractivity contribution is 6.30. The molecule has 1 saturated heterocycles. The molecule has 0 aliphatic carbocycles. The first-order chi connectivity index (χ1) is 8.61. The van der Waals surface area contributed by atoms with Gasteiger partial charge in [0.15, 0.2) is 0 Å². The van der Waals surface area contributed by atoms with Crippen LogP contribution in [0.1, 0.15) is 18.4 Å². The Bertz CT molecular complexity index is 465. The lowest BCUT2D eigenvalue weighted by atomic mass is 10.1. The maximum absolute atomic E-state index is 9.23. The maximum atomic E-state index is 9.23. The molecular formula is C14H18ClN3. The van der Waals surface area contributed by atoms with Crippen LogP contribution in [0, 0.1) is 11.3 Å². The normalized spacial score (nSPS) is 19.3. The Balaban J connectivity index is 2.27. The molecule has 0 N–H and O–H groups in total. The zero-order chi connectivity index (χ0) is 13.1. The minimum absolute atomic E-state index is 0.494. The zero-order valence-corrected chi connectivity index (χ0v) is 11.6. The van der Waals surface area contributed by atoms with Gasteiger partial charge in [-0.25, -0.2) is 0 Å². The van der Waals surface area contributed by atoms with Crippen LogP contribution < -0.4 is 4.90 Å². The third kappa shape index (κ3) is 2.77. The van der Waals surface area contributed by atoms with Crippen molar-refractivity contribution in [2.45, 2.75) is 18.9 Å². The number of nitrogens with zero attached hydrogens (tertiary/aromatic N) is 3. The molecule has 1 atom stereocenters. The van der Waals surface area contributed by atoms with Crippen LogP contribution in [0.3, 0.4) is 0 Å². The Hall–Kier alpha value is -1.24. The molecule has 1 unspecified atom stereocenters. The van der Waals surface area contributed by atoms with E-state index in [0.717, 1.165) is 18.8 Å². The Morgan fingerprint density at radius 2 is 2.28 bits per heavy atom. The number of hydrogen-bond donors (Lipinski definition) is 0. The summed E-state index contributed by atoms with van der Waals surface area (Å²) in [6, 6.07) is 8.32. The van der Waals surface area contributed by atoms with E-state index in [4.69, 9.17) is 11.6 Å². The molecule has 1 aliphatic rings. The summed E-state index contributed by atoms with van der Waals surface area (Å²) >= 11 is 5.95. The fraction of sp³-hybridized carbons (Fsp3) is 0.500. The fourth-order valence-electron chi connectivity index (χ4n) is 2.61. The van der Waals surface area contributed by atoms with Gasteiger partial charge in [0.25, 0.3) is 0 Å². The zero-order valence-electron chi connectivity index (χ0n) is 10.9. The van der Waals surface area contributed by atoms with Crippen LogP contribution in [0.4, 0.5) is 5.69 Å². The van der Waals surface area contributed by atoms with E-state index in [2.05, 4.69) is 30.0 Å². The van der Waals surface area contributed by atoms with Gasteiger partial charge in [-0.1, -0.05) is 11.6 Å². The molecule has 2 rings (SSSR count). The van der Waals surface area contributed by atoms with Gasteiger partial charge < -0.3 is 9.80 Å². The van der Waals surface area contributed by atoms with Crippen LogP contribution in [0.5, 0.6) is 0 Å². The minimum atomic E-state index is 0.494. The number of benzene rings is 1. The Morgan fingerprint density at radius 3 is 2.94 bits per heavy atom. The first-order valence-corrected chi connectivity index (χ1v) is 6.60. The van der Waals surface area contributed by atoms with Gasteiger partial charge >= 0.3 is 0 Å². The molecule has 1 heterocycles. The van der Waals surface area contributed by atoms with Crippen LogP contribution in [-0.4, -0.2) is 38.1 Å². The molecule has 0 amide bonds. The van der Waals surface area contributed by atoms with Gasteiger partial charge in [-0.3, -0.25) is 0 Å². The van der Waals surface area contributed by atoms with E-state index in [9.17, 15) is 5.26 Å². The lowest BCUT2D eigenvalue weighted by Crippen LogP contribution is -2.37. The molecule has 1 aromatic rings. The van der Waals surface area contributed by atoms with Crippen molar-refractivity contribution in [1.29, 1.82) is 5.26 Å². The standard InChI is InChI=1S/C14H18ClN3/c1-17(2)10-13-4-3-7-18(13)14-6-5-12(15)8-11(14)9-16/h5-6,8,13H,3-4,7,10H2,1-2H3. The number of nitriles is 1. The van der Waals surface area contributed by atoms with E-state index >= 15 is 0 Å². The highest BCUT2D eigenvalue weighted by atomic mass is 35.5. The summed E-state index contributed by atoms with van der Waals surface area (Å²) in [5.74, 6) is 0. The van der Waals surface area contributed by atoms with Crippen molar-refractivity contribution in [3.05, 3.63) is 28.8 Å². The third-order valence-electron chi connectivity index (χ3n) is 3.34. The van der Waals surface area contributed by atoms with E-state index < -0.39 is 0 Å². The molecule has 1 aromatic carbocycles. The predicted molar refractivity (Wildman–Crippen MR) is 75.1 cm³/mol. The summed E-state index contributed by atoms with van der Waals surface area (Å²) < 4.78 is 0. The van der Waals surface area contributed by atoms with Crippen molar-refractivity contribution in [3.63, 3.8) is 0 Å². The Labute approximate surface area is 114 Å². The van der Waals surface area contributed by atoms with Crippen molar-refractivity contribution in [2.75, 3.05) is 32.1 Å². The number of likely N-dealkylation sites (N-methyl/N-ethyl adjacent to an activating group) is 1. The van der Waals surface area contributed by atoms with Gasteiger partial charge in [0.1, 0.15) is 6.07 Å².